The summed E-state index contributed by atoms with van der Waals surface area (Å²) in [6.45, 7) is 2.97. The highest BCUT2D eigenvalue weighted by molar-refractivity contribution is 7.95. The van der Waals surface area contributed by atoms with E-state index in [1.165, 1.54) is 5.41 Å². The lowest BCUT2D eigenvalue weighted by molar-refractivity contribution is 0.182. The van der Waals surface area contributed by atoms with Gasteiger partial charge >= 0.3 is 0 Å². The van der Waals surface area contributed by atoms with E-state index in [2.05, 4.69) is 0 Å². The van der Waals surface area contributed by atoms with Gasteiger partial charge in [0.25, 0.3) is 0 Å². The summed E-state index contributed by atoms with van der Waals surface area (Å²) in [6.07, 6.45) is 0. The number of sulfone groups is 1. The smallest absolute Gasteiger partial charge is 0.201 e. The number of hydrogen-bond donors (Lipinski definition) is 1. The van der Waals surface area contributed by atoms with E-state index in [1.807, 2.05) is 13.0 Å². The Morgan fingerprint density at radius 3 is 2.76 bits per heavy atom. The van der Waals surface area contributed by atoms with Gasteiger partial charge in [-0.15, -0.1) is 0 Å². The maximum Gasteiger partial charge on any atom is 0.201 e. The molecule has 0 spiro atoms. The van der Waals surface area contributed by atoms with Crippen molar-refractivity contribution in [1.82, 2.24) is 0 Å². The summed E-state index contributed by atoms with van der Waals surface area (Å²) in [7, 11) is -3.35. The Labute approximate surface area is 101 Å². The van der Waals surface area contributed by atoms with Crippen molar-refractivity contribution in [2.75, 3.05) is 13.2 Å². The second kappa shape index (κ2) is 4.60. The molecule has 0 radical (unpaired) electrons. The van der Waals surface area contributed by atoms with Crippen LogP contribution in [0.25, 0.3) is 5.57 Å². The van der Waals surface area contributed by atoms with E-state index in [0.29, 0.717) is 29.2 Å². The molecule has 1 aromatic carbocycles. The molecule has 0 unspecified atom stereocenters. The topological polar surface area (TPSA) is 69.4 Å². The first-order valence-corrected chi connectivity index (χ1v) is 7.00. The Morgan fingerprint density at radius 1 is 1.35 bits per heavy atom. The third-order valence-corrected chi connectivity index (χ3v) is 4.35. The summed E-state index contributed by atoms with van der Waals surface area (Å²) in [6, 6.07) is 5.36. The van der Waals surface area contributed by atoms with E-state index in [-0.39, 0.29) is 6.54 Å². The molecule has 1 aliphatic rings. The zero-order chi connectivity index (χ0) is 12.5. The lowest BCUT2D eigenvalue weighted by atomic mass is 10.1. The van der Waals surface area contributed by atoms with Crippen LogP contribution in [-0.2, 0) is 21.1 Å². The van der Waals surface area contributed by atoms with Crippen LogP contribution >= 0.6 is 0 Å². The molecule has 0 amide bonds. The Bertz CT molecular complexity index is 561. The predicted octanol–water partition coefficient (Wildman–Crippen LogP) is 1.31. The van der Waals surface area contributed by atoms with Crippen molar-refractivity contribution >= 4 is 15.4 Å². The van der Waals surface area contributed by atoms with E-state index in [0.717, 1.165) is 5.56 Å². The quantitative estimate of drug-likeness (QED) is 0.878. The van der Waals surface area contributed by atoms with Crippen LogP contribution in [0.2, 0.25) is 0 Å². The third kappa shape index (κ3) is 2.13. The van der Waals surface area contributed by atoms with Crippen LogP contribution in [0.15, 0.2) is 28.5 Å². The van der Waals surface area contributed by atoms with Crippen LogP contribution in [0.5, 0.6) is 0 Å². The molecule has 4 nitrogen and oxygen atoms in total. The zero-order valence-electron chi connectivity index (χ0n) is 9.64. The van der Waals surface area contributed by atoms with Gasteiger partial charge in [-0.25, -0.2) is 8.42 Å². The van der Waals surface area contributed by atoms with Gasteiger partial charge < -0.3 is 10.5 Å². The SMILES string of the molecule is CCOCC1=CS(=O)(=O)c2c(CN)cccc21. The molecule has 0 aliphatic carbocycles. The van der Waals surface area contributed by atoms with Gasteiger partial charge in [-0.3, -0.25) is 0 Å². The van der Waals surface area contributed by atoms with Gasteiger partial charge in [-0.05, 0) is 23.6 Å². The monoisotopic (exact) mass is 253 g/mol. The molecule has 5 heteroatoms. The number of benzene rings is 1. The van der Waals surface area contributed by atoms with Crippen molar-refractivity contribution in [2.45, 2.75) is 18.4 Å². The fraction of sp³-hybridized carbons (Fsp3) is 0.333. The number of hydrogen-bond acceptors (Lipinski definition) is 4. The molecule has 0 aromatic heterocycles. The van der Waals surface area contributed by atoms with Gasteiger partial charge in [-0.1, -0.05) is 18.2 Å². The van der Waals surface area contributed by atoms with Gasteiger partial charge in [0.2, 0.25) is 9.84 Å². The number of fused-ring (bicyclic) bond motifs is 1. The van der Waals surface area contributed by atoms with E-state index >= 15 is 0 Å². The minimum absolute atomic E-state index is 0.220. The molecule has 0 fully saturated rings. The van der Waals surface area contributed by atoms with Gasteiger partial charge in [0.1, 0.15) is 0 Å². The summed E-state index contributed by atoms with van der Waals surface area (Å²) in [5.74, 6) is 0. The van der Waals surface area contributed by atoms with E-state index < -0.39 is 9.84 Å². The summed E-state index contributed by atoms with van der Waals surface area (Å²) in [5, 5.41) is 1.28. The van der Waals surface area contributed by atoms with Gasteiger partial charge in [0.15, 0.2) is 0 Å². The van der Waals surface area contributed by atoms with E-state index in [4.69, 9.17) is 10.5 Å². The number of rotatable bonds is 4. The average Bonchev–Trinajstić information content (AvgIpc) is 2.58. The largest absolute Gasteiger partial charge is 0.377 e. The second-order valence-electron chi connectivity index (χ2n) is 3.82. The third-order valence-electron chi connectivity index (χ3n) is 2.71. The zero-order valence-corrected chi connectivity index (χ0v) is 10.5. The minimum Gasteiger partial charge on any atom is -0.377 e. The minimum atomic E-state index is -3.35. The first-order chi connectivity index (χ1) is 8.10. The lowest BCUT2D eigenvalue weighted by Crippen LogP contribution is -2.05. The Hall–Kier alpha value is -1.17. The van der Waals surface area contributed by atoms with Gasteiger partial charge in [0, 0.05) is 18.6 Å². The fourth-order valence-corrected chi connectivity index (χ4v) is 3.68. The van der Waals surface area contributed by atoms with Crippen LogP contribution in [0, 0.1) is 0 Å². The van der Waals surface area contributed by atoms with Crippen molar-refractivity contribution < 1.29 is 13.2 Å². The molecule has 1 heterocycles. The highest BCUT2D eigenvalue weighted by Crippen LogP contribution is 2.35. The van der Waals surface area contributed by atoms with Crippen molar-refractivity contribution in [3.63, 3.8) is 0 Å². The van der Waals surface area contributed by atoms with Crippen molar-refractivity contribution in [2.24, 2.45) is 5.73 Å². The summed E-state index contributed by atoms with van der Waals surface area (Å²) in [5.41, 5.74) is 7.66. The molecule has 92 valence electrons. The number of nitrogens with two attached hydrogens (primary N) is 1. The first kappa shape index (κ1) is 12.3. The molecular formula is C12H15NO3S. The van der Waals surface area contributed by atoms with Crippen LogP contribution in [-0.4, -0.2) is 21.6 Å². The maximum absolute atomic E-state index is 12.0. The molecule has 1 aromatic rings. The molecule has 0 atom stereocenters. The van der Waals surface area contributed by atoms with Crippen LogP contribution < -0.4 is 5.73 Å². The van der Waals surface area contributed by atoms with Crippen LogP contribution in [0.3, 0.4) is 0 Å². The molecule has 2 N–H and O–H groups in total. The van der Waals surface area contributed by atoms with Gasteiger partial charge in [0.05, 0.1) is 11.5 Å². The Morgan fingerprint density at radius 2 is 2.12 bits per heavy atom. The van der Waals surface area contributed by atoms with Crippen molar-refractivity contribution in [3.05, 3.63) is 34.7 Å². The van der Waals surface area contributed by atoms with Crippen molar-refractivity contribution in [3.8, 4) is 0 Å². The Kier molecular flexibility index (Phi) is 3.33. The normalized spacial score (nSPS) is 16.7. The van der Waals surface area contributed by atoms with E-state index in [9.17, 15) is 8.42 Å². The molecule has 17 heavy (non-hydrogen) atoms. The summed E-state index contributed by atoms with van der Waals surface area (Å²) in [4.78, 5) is 0.345. The van der Waals surface area contributed by atoms with Crippen LogP contribution in [0.4, 0.5) is 0 Å². The van der Waals surface area contributed by atoms with Gasteiger partial charge in [-0.2, -0.15) is 0 Å². The molecular weight excluding hydrogens is 238 g/mol. The molecule has 0 saturated heterocycles. The van der Waals surface area contributed by atoms with Crippen molar-refractivity contribution in [1.29, 1.82) is 0 Å². The molecule has 1 aliphatic heterocycles. The molecule has 2 rings (SSSR count). The fourth-order valence-electron chi connectivity index (χ4n) is 1.97. The molecule has 0 bridgehead atoms. The highest BCUT2D eigenvalue weighted by Gasteiger charge is 2.28. The average molecular weight is 253 g/mol. The first-order valence-electron chi connectivity index (χ1n) is 5.46. The molecule has 0 saturated carbocycles. The second-order valence-corrected chi connectivity index (χ2v) is 5.56. The standard InChI is InChI=1S/C12H15NO3S/c1-2-16-7-10-8-17(14,15)12-9(6-13)4-3-5-11(10)12/h3-5,8H,2,6-7,13H2,1H3. The summed E-state index contributed by atoms with van der Waals surface area (Å²) >= 11 is 0. The van der Waals surface area contributed by atoms with Crippen LogP contribution in [0.1, 0.15) is 18.1 Å². The predicted molar refractivity (Wildman–Crippen MR) is 66.0 cm³/mol. The lowest BCUT2D eigenvalue weighted by Gasteiger charge is -2.07. The maximum atomic E-state index is 12.0. The summed E-state index contributed by atoms with van der Waals surface area (Å²) < 4.78 is 29.3. The number of ether oxygens (including phenoxy) is 1. The highest BCUT2D eigenvalue weighted by atomic mass is 32.2. The Balaban J connectivity index is 2.53. The van der Waals surface area contributed by atoms with E-state index in [1.54, 1.807) is 12.1 Å².